The second kappa shape index (κ2) is 6.87. The number of hydrogen-bond donors (Lipinski definition) is 0. The van der Waals surface area contributed by atoms with Crippen LogP contribution in [0.2, 0.25) is 0 Å². The number of aromatic nitrogens is 2. The van der Waals surface area contributed by atoms with Crippen molar-refractivity contribution < 1.29 is 13.7 Å². The average molecular weight is 318 g/mol. The van der Waals surface area contributed by atoms with Crippen molar-refractivity contribution in [3.8, 4) is 0 Å². The van der Waals surface area contributed by atoms with E-state index in [1.807, 2.05) is 4.90 Å². The second-order valence-electron chi connectivity index (χ2n) is 5.70. The van der Waals surface area contributed by atoms with Crippen LogP contribution in [0.5, 0.6) is 0 Å². The lowest BCUT2D eigenvalue weighted by atomic mass is 10.1. The van der Waals surface area contributed by atoms with Gasteiger partial charge in [-0.05, 0) is 24.6 Å². The molecule has 0 unspecified atom stereocenters. The van der Waals surface area contributed by atoms with E-state index in [0.29, 0.717) is 37.8 Å². The largest absolute Gasteiger partial charge is 0.340 e. The van der Waals surface area contributed by atoms with Crippen LogP contribution in [-0.2, 0) is 17.8 Å². The molecule has 122 valence electrons. The Labute approximate surface area is 133 Å². The summed E-state index contributed by atoms with van der Waals surface area (Å²) in [5.41, 5.74) is 0.833. The van der Waals surface area contributed by atoms with Gasteiger partial charge in [-0.1, -0.05) is 17.3 Å². The SMILES string of the molecule is Cc1noc(CN2CCN(C(=O)Cc3ccc(F)cc3)CC2)n1. The number of carbonyl (C=O) groups excluding carboxylic acids is 1. The molecule has 0 radical (unpaired) electrons. The van der Waals surface area contributed by atoms with E-state index < -0.39 is 0 Å². The van der Waals surface area contributed by atoms with Crippen molar-refractivity contribution in [2.24, 2.45) is 0 Å². The number of hydrogen-bond acceptors (Lipinski definition) is 5. The maximum absolute atomic E-state index is 12.9. The van der Waals surface area contributed by atoms with Gasteiger partial charge < -0.3 is 9.42 Å². The van der Waals surface area contributed by atoms with E-state index >= 15 is 0 Å². The first kappa shape index (κ1) is 15.6. The van der Waals surface area contributed by atoms with Gasteiger partial charge in [0, 0.05) is 26.2 Å². The van der Waals surface area contributed by atoms with E-state index in [0.717, 1.165) is 18.7 Å². The molecule has 1 aromatic carbocycles. The fraction of sp³-hybridized carbons (Fsp3) is 0.438. The maximum atomic E-state index is 12.9. The average Bonchev–Trinajstić information content (AvgIpc) is 2.95. The Hall–Kier alpha value is -2.28. The lowest BCUT2D eigenvalue weighted by molar-refractivity contribution is -0.132. The quantitative estimate of drug-likeness (QED) is 0.853. The van der Waals surface area contributed by atoms with Crippen molar-refractivity contribution >= 4 is 5.91 Å². The van der Waals surface area contributed by atoms with Crippen LogP contribution in [-0.4, -0.2) is 52.0 Å². The molecule has 1 amide bonds. The Morgan fingerprint density at radius 2 is 1.91 bits per heavy atom. The monoisotopic (exact) mass is 318 g/mol. The number of benzene rings is 1. The van der Waals surface area contributed by atoms with Crippen LogP contribution in [0.1, 0.15) is 17.3 Å². The highest BCUT2D eigenvalue weighted by molar-refractivity contribution is 5.78. The molecule has 1 aliphatic heterocycles. The normalized spacial score (nSPS) is 15.8. The third-order valence-corrected chi connectivity index (χ3v) is 3.92. The molecule has 3 rings (SSSR count). The lowest BCUT2D eigenvalue weighted by Gasteiger charge is -2.34. The minimum absolute atomic E-state index is 0.0740. The van der Waals surface area contributed by atoms with E-state index in [9.17, 15) is 9.18 Å². The van der Waals surface area contributed by atoms with Crippen LogP contribution in [0.3, 0.4) is 0 Å². The fourth-order valence-corrected chi connectivity index (χ4v) is 2.64. The highest BCUT2D eigenvalue weighted by Gasteiger charge is 2.22. The molecule has 0 bridgehead atoms. The molecule has 0 saturated carbocycles. The first-order valence-corrected chi connectivity index (χ1v) is 7.64. The molecule has 0 aliphatic carbocycles. The summed E-state index contributed by atoms with van der Waals surface area (Å²) in [6.07, 6.45) is 0.309. The molecule has 0 spiro atoms. The zero-order valence-corrected chi connectivity index (χ0v) is 13.0. The summed E-state index contributed by atoms with van der Waals surface area (Å²) in [4.78, 5) is 20.5. The summed E-state index contributed by atoms with van der Waals surface area (Å²) in [5, 5.41) is 3.77. The van der Waals surface area contributed by atoms with E-state index in [1.165, 1.54) is 12.1 Å². The van der Waals surface area contributed by atoms with Crippen LogP contribution in [0.15, 0.2) is 28.8 Å². The summed E-state index contributed by atoms with van der Waals surface area (Å²) in [5.74, 6) is 1.03. The zero-order valence-electron chi connectivity index (χ0n) is 13.0. The minimum atomic E-state index is -0.286. The van der Waals surface area contributed by atoms with E-state index in [1.54, 1.807) is 19.1 Å². The Bertz CT molecular complexity index is 663. The predicted octanol–water partition coefficient (Wildman–Crippen LogP) is 1.40. The Morgan fingerprint density at radius 1 is 1.22 bits per heavy atom. The van der Waals surface area contributed by atoms with Crippen LogP contribution >= 0.6 is 0 Å². The van der Waals surface area contributed by atoms with Crippen molar-refractivity contribution in [2.75, 3.05) is 26.2 Å². The molecule has 2 heterocycles. The molecule has 7 heteroatoms. The van der Waals surface area contributed by atoms with E-state index in [2.05, 4.69) is 15.0 Å². The molecule has 0 N–H and O–H groups in total. The fourth-order valence-electron chi connectivity index (χ4n) is 2.64. The summed E-state index contributed by atoms with van der Waals surface area (Å²) in [6, 6.07) is 6.07. The van der Waals surface area contributed by atoms with Crippen molar-refractivity contribution in [1.29, 1.82) is 0 Å². The van der Waals surface area contributed by atoms with Crippen molar-refractivity contribution in [3.63, 3.8) is 0 Å². The maximum Gasteiger partial charge on any atom is 0.240 e. The van der Waals surface area contributed by atoms with Crippen LogP contribution < -0.4 is 0 Å². The molecular formula is C16H19FN4O2. The van der Waals surface area contributed by atoms with Gasteiger partial charge in [0.15, 0.2) is 5.82 Å². The van der Waals surface area contributed by atoms with Crippen molar-refractivity contribution in [3.05, 3.63) is 47.4 Å². The second-order valence-corrected chi connectivity index (χ2v) is 5.70. The topological polar surface area (TPSA) is 62.5 Å². The number of halogens is 1. The lowest BCUT2D eigenvalue weighted by Crippen LogP contribution is -2.48. The number of nitrogens with zero attached hydrogens (tertiary/aromatic N) is 4. The molecule has 2 aromatic rings. The number of rotatable bonds is 4. The first-order chi connectivity index (χ1) is 11.1. The molecule has 23 heavy (non-hydrogen) atoms. The van der Waals surface area contributed by atoms with Crippen LogP contribution in [0.4, 0.5) is 4.39 Å². The molecule has 1 aliphatic rings. The van der Waals surface area contributed by atoms with Gasteiger partial charge in [0.1, 0.15) is 5.82 Å². The highest BCUT2D eigenvalue weighted by Crippen LogP contribution is 2.10. The molecule has 1 saturated heterocycles. The molecule has 6 nitrogen and oxygen atoms in total. The van der Waals surface area contributed by atoms with Gasteiger partial charge in [0.05, 0.1) is 13.0 Å². The number of amides is 1. The molecule has 1 fully saturated rings. The third-order valence-electron chi connectivity index (χ3n) is 3.92. The Kier molecular flexibility index (Phi) is 4.66. The minimum Gasteiger partial charge on any atom is -0.340 e. The van der Waals surface area contributed by atoms with Gasteiger partial charge in [0.25, 0.3) is 0 Å². The van der Waals surface area contributed by atoms with Gasteiger partial charge in [-0.25, -0.2) is 4.39 Å². The molecular weight excluding hydrogens is 299 g/mol. The summed E-state index contributed by atoms with van der Waals surface area (Å²) in [6.45, 7) is 5.30. The van der Waals surface area contributed by atoms with E-state index in [-0.39, 0.29) is 11.7 Å². The Balaban J connectivity index is 1.48. The molecule has 0 atom stereocenters. The van der Waals surface area contributed by atoms with Crippen molar-refractivity contribution in [1.82, 2.24) is 19.9 Å². The standard InChI is InChI=1S/C16H19FN4O2/c1-12-18-15(23-19-12)11-20-6-8-21(9-7-20)16(22)10-13-2-4-14(17)5-3-13/h2-5H,6-11H2,1H3. The Morgan fingerprint density at radius 3 is 2.52 bits per heavy atom. The number of piperazine rings is 1. The molecule has 1 aromatic heterocycles. The summed E-state index contributed by atoms with van der Waals surface area (Å²) in [7, 11) is 0. The van der Waals surface area contributed by atoms with Gasteiger partial charge in [-0.2, -0.15) is 4.98 Å². The van der Waals surface area contributed by atoms with Gasteiger partial charge in [-0.15, -0.1) is 0 Å². The first-order valence-electron chi connectivity index (χ1n) is 7.64. The summed E-state index contributed by atoms with van der Waals surface area (Å²) >= 11 is 0. The van der Waals surface area contributed by atoms with Gasteiger partial charge in [0.2, 0.25) is 11.8 Å². The number of aryl methyl sites for hydroxylation is 1. The van der Waals surface area contributed by atoms with Gasteiger partial charge in [-0.3, -0.25) is 9.69 Å². The zero-order chi connectivity index (χ0) is 16.2. The smallest absolute Gasteiger partial charge is 0.240 e. The highest BCUT2D eigenvalue weighted by atomic mass is 19.1. The van der Waals surface area contributed by atoms with Crippen LogP contribution in [0.25, 0.3) is 0 Å². The summed E-state index contributed by atoms with van der Waals surface area (Å²) < 4.78 is 18.0. The number of carbonyl (C=O) groups is 1. The van der Waals surface area contributed by atoms with E-state index in [4.69, 9.17) is 4.52 Å². The predicted molar refractivity (Wildman–Crippen MR) is 81.0 cm³/mol. The van der Waals surface area contributed by atoms with Crippen LogP contribution in [0, 0.1) is 12.7 Å². The van der Waals surface area contributed by atoms with Gasteiger partial charge >= 0.3 is 0 Å². The third kappa shape index (κ3) is 4.13. The van der Waals surface area contributed by atoms with Crippen molar-refractivity contribution in [2.45, 2.75) is 19.9 Å².